The van der Waals surface area contributed by atoms with E-state index < -0.39 is 0 Å². The molecule has 1 heterocycles. The summed E-state index contributed by atoms with van der Waals surface area (Å²) in [5.74, 6) is 1.11. The summed E-state index contributed by atoms with van der Waals surface area (Å²) in [4.78, 5) is 4.30. The number of amidine groups is 1. The van der Waals surface area contributed by atoms with Crippen molar-refractivity contribution in [2.45, 2.75) is 26.7 Å². The van der Waals surface area contributed by atoms with E-state index in [0.717, 1.165) is 25.3 Å². The summed E-state index contributed by atoms with van der Waals surface area (Å²) in [5, 5.41) is 12.3. The molecule has 1 rings (SSSR count). The fourth-order valence-electron chi connectivity index (χ4n) is 1.08. The quantitative estimate of drug-likeness (QED) is 0.657. The Bertz CT molecular complexity index is 175. The number of hydrogen-bond acceptors (Lipinski definition) is 3. The highest BCUT2D eigenvalue weighted by molar-refractivity contribution is 5.83. The van der Waals surface area contributed by atoms with Gasteiger partial charge in [0.1, 0.15) is 0 Å². The molecule has 0 aromatic rings. The third kappa shape index (κ3) is 2.81. The van der Waals surface area contributed by atoms with Gasteiger partial charge in [0.25, 0.3) is 0 Å². The smallest absolute Gasteiger partial charge is 0.0963 e. The van der Waals surface area contributed by atoms with Gasteiger partial charge in [-0.05, 0) is 6.42 Å². The van der Waals surface area contributed by atoms with E-state index in [1.165, 1.54) is 6.42 Å². The molecule has 3 nitrogen and oxygen atoms in total. The molecule has 0 amide bonds. The molecular weight excluding hydrogens is 152 g/mol. The molecule has 1 aliphatic rings. The van der Waals surface area contributed by atoms with Crippen molar-refractivity contribution in [2.75, 3.05) is 19.7 Å². The van der Waals surface area contributed by atoms with Crippen LogP contribution >= 0.6 is 0 Å². The summed E-state index contributed by atoms with van der Waals surface area (Å²) in [7, 11) is 0. The number of aliphatic hydroxyl groups is 1. The van der Waals surface area contributed by atoms with Gasteiger partial charge in [-0.1, -0.05) is 13.8 Å². The molecule has 0 fully saturated rings. The maximum atomic E-state index is 8.99. The van der Waals surface area contributed by atoms with Gasteiger partial charge in [0.2, 0.25) is 0 Å². The van der Waals surface area contributed by atoms with Crippen LogP contribution in [0.3, 0.4) is 0 Å². The predicted molar refractivity (Wildman–Crippen MR) is 50.4 cm³/mol. The number of aliphatic hydroxyl groups excluding tert-OH is 1. The number of nitrogens with zero attached hydrogens (tertiary/aromatic N) is 1. The Morgan fingerprint density at radius 2 is 2.33 bits per heavy atom. The molecular formula is C9H18N2O. The van der Waals surface area contributed by atoms with E-state index in [-0.39, 0.29) is 12.0 Å². The molecule has 3 heteroatoms. The Balaban J connectivity index is 2.24. The first kappa shape index (κ1) is 9.52. The van der Waals surface area contributed by atoms with Gasteiger partial charge in [-0.3, -0.25) is 4.99 Å². The van der Waals surface area contributed by atoms with Crippen LogP contribution in [0.4, 0.5) is 0 Å². The molecule has 0 spiro atoms. The average molecular weight is 170 g/mol. The normalized spacial score (nSPS) is 17.8. The molecule has 0 bridgehead atoms. The monoisotopic (exact) mass is 170 g/mol. The van der Waals surface area contributed by atoms with Crippen LogP contribution in [0.5, 0.6) is 0 Å². The molecule has 2 N–H and O–H groups in total. The van der Waals surface area contributed by atoms with E-state index in [0.29, 0.717) is 0 Å². The third-order valence-electron chi connectivity index (χ3n) is 2.07. The number of aliphatic imine (C=N–C) groups is 1. The van der Waals surface area contributed by atoms with Gasteiger partial charge in [-0.2, -0.15) is 0 Å². The second-order valence-corrected chi connectivity index (χ2v) is 4.11. The largest absolute Gasteiger partial charge is 0.396 e. The van der Waals surface area contributed by atoms with Gasteiger partial charge in [0.05, 0.1) is 5.84 Å². The lowest BCUT2D eigenvalue weighted by Gasteiger charge is -2.22. The van der Waals surface area contributed by atoms with Crippen LogP contribution < -0.4 is 5.32 Å². The van der Waals surface area contributed by atoms with E-state index in [1.54, 1.807) is 0 Å². The zero-order valence-electron chi connectivity index (χ0n) is 7.93. The topological polar surface area (TPSA) is 44.6 Å². The molecule has 12 heavy (non-hydrogen) atoms. The Morgan fingerprint density at radius 1 is 1.58 bits per heavy atom. The Labute approximate surface area is 73.9 Å². The van der Waals surface area contributed by atoms with Crippen molar-refractivity contribution in [3.05, 3.63) is 0 Å². The lowest BCUT2D eigenvalue weighted by Crippen LogP contribution is -2.35. The van der Waals surface area contributed by atoms with Crippen molar-refractivity contribution >= 4 is 5.84 Å². The maximum absolute atomic E-state index is 8.99. The predicted octanol–water partition coefficient (Wildman–Crippen LogP) is 0.787. The average Bonchev–Trinajstić information content (AvgIpc) is 2.53. The van der Waals surface area contributed by atoms with Crippen LogP contribution in [0, 0.1) is 5.41 Å². The van der Waals surface area contributed by atoms with Crippen molar-refractivity contribution < 1.29 is 5.11 Å². The minimum atomic E-state index is -0.0366. The van der Waals surface area contributed by atoms with Gasteiger partial charge in [-0.25, -0.2) is 0 Å². The summed E-state index contributed by atoms with van der Waals surface area (Å²) in [6.07, 6.45) is 2.24. The minimum absolute atomic E-state index is 0.0366. The van der Waals surface area contributed by atoms with Crippen molar-refractivity contribution in [1.82, 2.24) is 5.32 Å². The standard InChI is InChI=1S/C9H18N2O/c1-9(2,7-12)6-11-8-4-3-5-10-8/h12H,3-7H2,1-2H3,(H,10,11). The van der Waals surface area contributed by atoms with Crippen LogP contribution in [0.1, 0.15) is 26.7 Å². The van der Waals surface area contributed by atoms with E-state index in [4.69, 9.17) is 5.11 Å². The number of nitrogens with one attached hydrogen (secondary N) is 1. The lowest BCUT2D eigenvalue weighted by atomic mass is 9.95. The van der Waals surface area contributed by atoms with Crippen molar-refractivity contribution in [2.24, 2.45) is 10.4 Å². The molecule has 1 aliphatic heterocycles. The third-order valence-corrected chi connectivity index (χ3v) is 2.07. The van der Waals surface area contributed by atoms with E-state index in [2.05, 4.69) is 10.3 Å². The fourth-order valence-corrected chi connectivity index (χ4v) is 1.08. The minimum Gasteiger partial charge on any atom is -0.396 e. The fraction of sp³-hybridized carbons (Fsp3) is 0.889. The summed E-state index contributed by atoms with van der Waals surface area (Å²) in [5.41, 5.74) is -0.0366. The highest BCUT2D eigenvalue weighted by Gasteiger charge is 2.17. The molecule has 0 aromatic carbocycles. The zero-order valence-corrected chi connectivity index (χ0v) is 7.93. The molecule has 0 saturated carbocycles. The second kappa shape index (κ2) is 3.90. The van der Waals surface area contributed by atoms with Gasteiger partial charge >= 0.3 is 0 Å². The first-order valence-corrected chi connectivity index (χ1v) is 4.52. The Hall–Kier alpha value is -0.570. The SMILES string of the molecule is CC(C)(CO)CNC1=NCCC1. The summed E-state index contributed by atoms with van der Waals surface area (Å²) in [6.45, 7) is 6.06. The van der Waals surface area contributed by atoms with Gasteiger partial charge < -0.3 is 10.4 Å². The van der Waals surface area contributed by atoms with E-state index >= 15 is 0 Å². The zero-order chi connectivity index (χ0) is 9.03. The Morgan fingerprint density at radius 3 is 2.83 bits per heavy atom. The van der Waals surface area contributed by atoms with Crippen LogP contribution in [-0.2, 0) is 0 Å². The van der Waals surface area contributed by atoms with E-state index in [9.17, 15) is 0 Å². The molecule has 0 saturated heterocycles. The highest BCUT2D eigenvalue weighted by atomic mass is 16.3. The molecule has 0 radical (unpaired) electrons. The lowest BCUT2D eigenvalue weighted by molar-refractivity contribution is 0.162. The summed E-state index contributed by atoms with van der Waals surface area (Å²) < 4.78 is 0. The van der Waals surface area contributed by atoms with Gasteiger partial charge in [-0.15, -0.1) is 0 Å². The van der Waals surface area contributed by atoms with Crippen LogP contribution in [0.15, 0.2) is 4.99 Å². The molecule has 70 valence electrons. The molecule has 0 aliphatic carbocycles. The van der Waals surface area contributed by atoms with Crippen molar-refractivity contribution in [1.29, 1.82) is 0 Å². The van der Waals surface area contributed by atoms with E-state index in [1.807, 2.05) is 13.8 Å². The number of rotatable bonds is 3. The first-order valence-electron chi connectivity index (χ1n) is 4.52. The molecule has 0 atom stereocenters. The number of hydrogen-bond donors (Lipinski definition) is 2. The van der Waals surface area contributed by atoms with Gasteiger partial charge in [0, 0.05) is 31.5 Å². The van der Waals surface area contributed by atoms with Crippen LogP contribution in [-0.4, -0.2) is 30.6 Å². The maximum Gasteiger partial charge on any atom is 0.0963 e. The van der Waals surface area contributed by atoms with Crippen LogP contribution in [0.25, 0.3) is 0 Å². The molecule has 0 aromatic heterocycles. The second-order valence-electron chi connectivity index (χ2n) is 4.11. The van der Waals surface area contributed by atoms with Gasteiger partial charge in [0.15, 0.2) is 0 Å². The molecule has 0 unspecified atom stereocenters. The van der Waals surface area contributed by atoms with Crippen molar-refractivity contribution in [3.63, 3.8) is 0 Å². The van der Waals surface area contributed by atoms with Crippen molar-refractivity contribution in [3.8, 4) is 0 Å². The summed E-state index contributed by atoms with van der Waals surface area (Å²) in [6, 6.07) is 0. The highest BCUT2D eigenvalue weighted by Crippen LogP contribution is 2.12. The first-order chi connectivity index (χ1) is 5.64. The van der Waals surface area contributed by atoms with Crippen LogP contribution in [0.2, 0.25) is 0 Å². The Kier molecular flexibility index (Phi) is 3.09. The summed E-state index contributed by atoms with van der Waals surface area (Å²) >= 11 is 0.